The molecule has 0 unspecified atom stereocenters. The van der Waals surface area contributed by atoms with E-state index in [0.717, 1.165) is 32.0 Å². The van der Waals surface area contributed by atoms with Crippen molar-refractivity contribution < 1.29 is 0 Å². The van der Waals surface area contributed by atoms with Crippen LogP contribution in [0.1, 0.15) is 13.8 Å². The highest BCUT2D eigenvalue weighted by Crippen LogP contribution is 2.18. The van der Waals surface area contributed by atoms with E-state index in [1.165, 1.54) is 0 Å². The minimum atomic E-state index is -0.631. The molecule has 2 rings (SSSR count). The van der Waals surface area contributed by atoms with Crippen molar-refractivity contribution in [1.82, 2.24) is 14.9 Å². The van der Waals surface area contributed by atoms with Gasteiger partial charge in [0.25, 0.3) is 0 Å². The molecule has 1 fully saturated rings. The molecule has 19 heavy (non-hydrogen) atoms. The van der Waals surface area contributed by atoms with Crippen molar-refractivity contribution in [3.05, 3.63) is 12.4 Å². The highest BCUT2D eigenvalue weighted by Gasteiger charge is 2.19. The second kappa shape index (κ2) is 5.41. The number of nitrogens with one attached hydrogen (secondary N) is 1. The summed E-state index contributed by atoms with van der Waals surface area (Å²) in [5, 5.41) is 12.1. The Morgan fingerprint density at radius 1 is 1.26 bits per heavy atom. The van der Waals surface area contributed by atoms with Crippen LogP contribution < -0.4 is 10.2 Å². The van der Waals surface area contributed by atoms with E-state index in [1.54, 1.807) is 6.33 Å². The lowest BCUT2D eigenvalue weighted by atomic mass is 10.1. The van der Waals surface area contributed by atoms with Gasteiger partial charge in [-0.2, -0.15) is 5.26 Å². The fourth-order valence-electron chi connectivity index (χ4n) is 1.97. The topological polar surface area (TPSA) is 68.1 Å². The zero-order valence-electron chi connectivity index (χ0n) is 11.7. The predicted molar refractivity (Wildman–Crippen MR) is 75.1 cm³/mol. The Balaban J connectivity index is 2.09. The molecule has 6 nitrogen and oxygen atoms in total. The van der Waals surface area contributed by atoms with Crippen LogP contribution in [-0.4, -0.2) is 53.6 Å². The molecule has 1 aliphatic rings. The SMILES string of the molecule is CN1CCN(c2cc(NC(C)(C)C#N)ncn2)CC1. The zero-order chi connectivity index (χ0) is 13.9. The van der Waals surface area contributed by atoms with E-state index >= 15 is 0 Å². The number of hydrogen-bond donors (Lipinski definition) is 1. The van der Waals surface area contributed by atoms with Crippen LogP contribution in [0.5, 0.6) is 0 Å². The summed E-state index contributed by atoms with van der Waals surface area (Å²) in [7, 11) is 2.12. The smallest absolute Gasteiger partial charge is 0.134 e. The number of nitrogens with zero attached hydrogens (tertiary/aromatic N) is 5. The van der Waals surface area contributed by atoms with Crippen molar-refractivity contribution in [2.75, 3.05) is 43.4 Å². The summed E-state index contributed by atoms with van der Waals surface area (Å²) in [5.41, 5.74) is -0.631. The van der Waals surface area contributed by atoms with E-state index < -0.39 is 5.54 Å². The number of aromatic nitrogens is 2. The molecule has 102 valence electrons. The normalized spacial score (nSPS) is 17.1. The van der Waals surface area contributed by atoms with Crippen LogP contribution in [-0.2, 0) is 0 Å². The molecule has 0 saturated carbocycles. The van der Waals surface area contributed by atoms with Gasteiger partial charge in [-0.25, -0.2) is 9.97 Å². The molecule has 6 heteroatoms. The second-order valence-corrected chi connectivity index (χ2v) is 5.41. The zero-order valence-corrected chi connectivity index (χ0v) is 11.7. The third kappa shape index (κ3) is 3.55. The van der Waals surface area contributed by atoms with Gasteiger partial charge in [0.2, 0.25) is 0 Å². The van der Waals surface area contributed by atoms with Gasteiger partial charge in [-0.05, 0) is 20.9 Å². The summed E-state index contributed by atoms with van der Waals surface area (Å²) in [5.74, 6) is 1.61. The maximum Gasteiger partial charge on any atom is 0.134 e. The van der Waals surface area contributed by atoms with Gasteiger partial charge < -0.3 is 15.1 Å². The summed E-state index contributed by atoms with van der Waals surface area (Å²) >= 11 is 0. The Morgan fingerprint density at radius 3 is 2.58 bits per heavy atom. The lowest BCUT2D eigenvalue weighted by molar-refractivity contribution is 0.312. The van der Waals surface area contributed by atoms with Gasteiger partial charge in [0, 0.05) is 32.2 Å². The minimum Gasteiger partial charge on any atom is -0.354 e. The molecule has 1 aromatic rings. The van der Waals surface area contributed by atoms with E-state index in [4.69, 9.17) is 5.26 Å². The molecule has 1 saturated heterocycles. The van der Waals surface area contributed by atoms with Crippen LogP contribution >= 0.6 is 0 Å². The summed E-state index contributed by atoms with van der Waals surface area (Å²) in [6, 6.07) is 4.11. The molecule has 0 amide bonds. The third-order valence-corrected chi connectivity index (χ3v) is 3.20. The number of hydrogen-bond acceptors (Lipinski definition) is 6. The highest BCUT2D eigenvalue weighted by atomic mass is 15.3. The van der Waals surface area contributed by atoms with E-state index in [2.05, 4.69) is 38.2 Å². The van der Waals surface area contributed by atoms with Gasteiger partial charge in [0.15, 0.2) is 0 Å². The maximum absolute atomic E-state index is 9.03. The third-order valence-electron chi connectivity index (χ3n) is 3.20. The summed E-state index contributed by atoms with van der Waals surface area (Å²) in [6.07, 6.45) is 1.55. The van der Waals surface area contributed by atoms with Gasteiger partial charge in [-0.15, -0.1) is 0 Å². The summed E-state index contributed by atoms with van der Waals surface area (Å²) in [6.45, 7) is 7.66. The van der Waals surface area contributed by atoms with Gasteiger partial charge in [-0.1, -0.05) is 0 Å². The van der Waals surface area contributed by atoms with Gasteiger partial charge in [-0.3, -0.25) is 0 Å². The van der Waals surface area contributed by atoms with E-state index in [-0.39, 0.29) is 0 Å². The van der Waals surface area contributed by atoms with Crippen molar-refractivity contribution >= 4 is 11.6 Å². The quantitative estimate of drug-likeness (QED) is 0.872. The van der Waals surface area contributed by atoms with Crippen molar-refractivity contribution in [2.24, 2.45) is 0 Å². The first kappa shape index (κ1) is 13.6. The van der Waals surface area contributed by atoms with Crippen LogP contribution in [0.2, 0.25) is 0 Å². The van der Waals surface area contributed by atoms with Crippen LogP contribution in [0.15, 0.2) is 12.4 Å². The maximum atomic E-state index is 9.03. The second-order valence-electron chi connectivity index (χ2n) is 5.41. The van der Waals surface area contributed by atoms with Crippen LogP contribution in [0, 0.1) is 11.3 Å². The Bertz CT molecular complexity index is 470. The summed E-state index contributed by atoms with van der Waals surface area (Å²) < 4.78 is 0. The lowest BCUT2D eigenvalue weighted by Crippen LogP contribution is -2.44. The number of piperazine rings is 1. The molecule has 0 radical (unpaired) electrons. The first-order chi connectivity index (χ1) is 9.00. The molecule has 1 aliphatic heterocycles. The fourth-order valence-corrected chi connectivity index (χ4v) is 1.97. The summed E-state index contributed by atoms with van der Waals surface area (Å²) in [4.78, 5) is 13.0. The Kier molecular flexibility index (Phi) is 3.86. The molecular weight excluding hydrogens is 240 g/mol. The molecule has 0 spiro atoms. The molecule has 0 atom stereocenters. The average molecular weight is 260 g/mol. The van der Waals surface area contributed by atoms with Crippen molar-refractivity contribution in [2.45, 2.75) is 19.4 Å². The lowest BCUT2D eigenvalue weighted by Gasteiger charge is -2.33. The molecule has 0 aromatic carbocycles. The van der Waals surface area contributed by atoms with Gasteiger partial charge in [0.05, 0.1) is 6.07 Å². The van der Waals surface area contributed by atoms with E-state index in [1.807, 2.05) is 19.9 Å². The average Bonchev–Trinajstić information content (AvgIpc) is 2.39. The minimum absolute atomic E-state index is 0.631. The molecule has 1 aromatic heterocycles. The standard InChI is InChI=1S/C13H20N6/c1-13(2,9-14)17-11-8-12(16-10-15-11)19-6-4-18(3)5-7-19/h8,10H,4-7H2,1-3H3,(H,15,16,17). The molecular formula is C13H20N6. The van der Waals surface area contributed by atoms with Crippen molar-refractivity contribution in [1.29, 1.82) is 5.26 Å². The van der Waals surface area contributed by atoms with Crippen LogP contribution in [0.25, 0.3) is 0 Å². The number of anilines is 2. The predicted octanol–water partition coefficient (Wildman–Crippen LogP) is 0.942. The Morgan fingerprint density at radius 2 is 1.95 bits per heavy atom. The van der Waals surface area contributed by atoms with E-state index in [0.29, 0.717) is 5.82 Å². The van der Waals surface area contributed by atoms with Crippen LogP contribution in [0.3, 0.4) is 0 Å². The largest absolute Gasteiger partial charge is 0.354 e. The molecule has 0 bridgehead atoms. The monoisotopic (exact) mass is 260 g/mol. The molecule has 0 aliphatic carbocycles. The molecule has 1 N–H and O–H groups in total. The van der Waals surface area contributed by atoms with Crippen molar-refractivity contribution in [3.63, 3.8) is 0 Å². The van der Waals surface area contributed by atoms with Gasteiger partial charge >= 0.3 is 0 Å². The first-order valence-electron chi connectivity index (χ1n) is 6.45. The highest BCUT2D eigenvalue weighted by molar-refractivity contribution is 5.50. The van der Waals surface area contributed by atoms with Crippen molar-refractivity contribution in [3.8, 4) is 6.07 Å². The Hall–Kier alpha value is -1.87. The Labute approximate surface area is 114 Å². The van der Waals surface area contributed by atoms with Gasteiger partial charge in [0.1, 0.15) is 23.5 Å². The number of likely N-dealkylation sites (N-methyl/N-ethyl adjacent to an activating group) is 1. The van der Waals surface area contributed by atoms with Crippen LogP contribution in [0.4, 0.5) is 11.6 Å². The number of rotatable bonds is 3. The molecule has 2 heterocycles. The van der Waals surface area contributed by atoms with E-state index in [9.17, 15) is 0 Å². The fraction of sp³-hybridized carbons (Fsp3) is 0.615. The number of nitriles is 1. The first-order valence-corrected chi connectivity index (χ1v) is 6.45.